The van der Waals surface area contributed by atoms with Gasteiger partial charge in [0.25, 0.3) is 5.91 Å². The molecule has 1 aliphatic carbocycles. The van der Waals surface area contributed by atoms with Crippen LogP contribution < -0.4 is 11.1 Å². The van der Waals surface area contributed by atoms with Gasteiger partial charge in [-0.1, -0.05) is 0 Å². The third kappa shape index (κ3) is 2.69. The van der Waals surface area contributed by atoms with Crippen LogP contribution in [-0.4, -0.2) is 26.6 Å². The van der Waals surface area contributed by atoms with Gasteiger partial charge in [0, 0.05) is 24.1 Å². The normalized spacial score (nSPS) is 18.1. The van der Waals surface area contributed by atoms with Gasteiger partial charge in [0.1, 0.15) is 11.4 Å². The third-order valence-corrected chi connectivity index (χ3v) is 5.28. The Morgan fingerprint density at radius 1 is 1.04 bits per heavy atom. The number of rotatable bonds is 4. The number of nitrogens with zero attached hydrogens (tertiary/aromatic N) is 3. The SMILES string of the molecule is NC(=O)c1ccc(C(=O)NC2(c3nnc4n3CCCC4)CCC2)cc1. The Morgan fingerprint density at radius 2 is 1.76 bits per heavy atom. The maximum Gasteiger partial charge on any atom is 0.252 e. The smallest absolute Gasteiger partial charge is 0.252 e. The summed E-state index contributed by atoms with van der Waals surface area (Å²) in [4.78, 5) is 23.9. The summed E-state index contributed by atoms with van der Waals surface area (Å²) in [6.45, 7) is 0.919. The molecule has 0 unspecified atom stereocenters. The molecule has 1 saturated carbocycles. The minimum Gasteiger partial charge on any atom is -0.366 e. The number of carbonyl (C=O) groups is 2. The first-order valence-corrected chi connectivity index (χ1v) is 8.74. The van der Waals surface area contributed by atoms with Crippen molar-refractivity contribution in [3.8, 4) is 0 Å². The summed E-state index contributed by atoms with van der Waals surface area (Å²) in [7, 11) is 0. The zero-order valence-corrected chi connectivity index (χ0v) is 14.0. The number of benzene rings is 1. The number of carbonyl (C=O) groups excluding carboxylic acids is 2. The highest BCUT2D eigenvalue weighted by Gasteiger charge is 2.45. The van der Waals surface area contributed by atoms with Crippen LogP contribution in [0.1, 0.15) is 64.5 Å². The Bertz CT molecular complexity index is 820. The van der Waals surface area contributed by atoms with Crippen molar-refractivity contribution in [3.63, 3.8) is 0 Å². The fourth-order valence-corrected chi connectivity index (χ4v) is 3.67. The second-order valence-corrected chi connectivity index (χ2v) is 6.88. The van der Waals surface area contributed by atoms with E-state index >= 15 is 0 Å². The Labute approximate surface area is 145 Å². The molecule has 2 heterocycles. The molecular weight excluding hydrogens is 318 g/mol. The van der Waals surface area contributed by atoms with Gasteiger partial charge in [0.15, 0.2) is 5.82 Å². The molecule has 2 amide bonds. The monoisotopic (exact) mass is 339 g/mol. The maximum atomic E-state index is 12.7. The van der Waals surface area contributed by atoms with E-state index in [1.165, 1.54) is 0 Å². The molecule has 0 saturated heterocycles. The number of nitrogens with one attached hydrogen (secondary N) is 1. The van der Waals surface area contributed by atoms with Crippen molar-refractivity contribution in [2.24, 2.45) is 5.73 Å². The van der Waals surface area contributed by atoms with Crippen LogP contribution >= 0.6 is 0 Å². The predicted octanol–water partition coefficient (Wildman–Crippen LogP) is 1.52. The number of aromatic nitrogens is 3. The van der Waals surface area contributed by atoms with E-state index in [0.717, 1.165) is 56.7 Å². The lowest BCUT2D eigenvalue weighted by Gasteiger charge is -2.42. The molecule has 25 heavy (non-hydrogen) atoms. The van der Waals surface area contributed by atoms with Crippen LogP contribution in [0, 0.1) is 0 Å². The third-order valence-electron chi connectivity index (χ3n) is 5.28. The highest BCUT2D eigenvalue weighted by Crippen LogP contribution is 2.41. The van der Waals surface area contributed by atoms with Crippen molar-refractivity contribution < 1.29 is 9.59 Å². The molecule has 4 rings (SSSR count). The second kappa shape index (κ2) is 5.98. The van der Waals surface area contributed by atoms with Crippen LogP contribution in [0.25, 0.3) is 0 Å². The standard InChI is InChI=1S/C18H21N5O2/c19-15(24)12-5-7-13(8-6-12)16(25)20-18(9-3-10-18)17-22-21-14-4-1-2-11-23(14)17/h5-8H,1-4,9-11H2,(H2,19,24)(H,20,25). The summed E-state index contributed by atoms with van der Waals surface area (Å²) in [5.74, 6) is 1.24. The van der Waals surface area contributed by atoms with Crippen LogP contribution in [0.5, 0.6) is 0 Å². The quantitative estimate of drug-likeness (QED) is 0.881. The lowest BCUT2D eigenvalue weighted by molar-refractivity contribution is 0.0800. The van der Waals surface area contributed by atoms with Gasteiger partial charge in [0.05, 0.1) is 0 Å². The van der Waals surface area contributed by atoms with Gasteiger partial charge in [-0.3, -0.25) is 9.59 Å². The van der Waals surface area contributed by atoms with Gasteiger partial charge in [0.2, 0.25) is 5.91 Å². The molecule has 2 aromatic rings. The predicted molar refractivity (Wildman–Crippen MR) is 90.9 cm³/mol. The van der Waals surface area contributed by atoms with Crippen LogP contribution in [-0.2, 0) is 18.5 Å². The van der Waals surface area contributed by atoms with E-state index in [1.807, 2.05) is 0 Å². The van der Waals surface area contributed by atoms with Crippen molar-refractivity contribution >= 4 is 11.8 Å². The topological polar surface area (TPSA) is 103 Å². The molecule has 1 aromatic heterocycles. The van der Waals surface area contributed by atoms with Gasteiger partial charge < -0.3 is 15.6 Å². The van der Waals surface area contributed by atoms with E-state index in [1.54, 1.807) is 24.3 Å². The van der Waals surface area contributed by atoms with Crippen molar-refractivity contribution in [2.75, 3.05) is 0 Å². The fraction of sp³-hybridized carbons (Fsp3) is 0.444. The minimum absolute atomic E-state index is 0.163. The number of fused-ring (bicyclic) bond motifs is 1. The molecule has 7 nitrogen and oxygen atoms in total. The fourth-order valence-electron chi connectivity index (χ4n) is 3.67. The van der Waals surface area contributed by atoms with E-state index in [9.17, 15) is 9.59 Å². The molecule has 130 valence electrons. The average Bonchev–Trinajstić information content (AvgIpc) is 3.02. The molecule has 1 fully saturated rings. The Balaban J connectivity index is 1.58. The maximum absolute atomic E-state index is 12.7. The van der Waals surface area contributed by atoms with Gasteiger partial charge in [-0.25, -0.2) is 0 Å². The van der Waals surface area contributed by atoms with E-state index in [2.05, 4.69) is 20.1 Å². The number of hydrogen-bond acceptors (Lipinski definition) is 4. The average molecular weight is 339 g/mol. The second-order valence-electron chi connectivity index (χ2n) is 6.88. The molecule has 3 N–H and O–H groups in total. The molecule has 1 aliphatic heterocycles. The number of aryl methyl sites for hydroxylation is 1. The molecule has 0 bridgehead atoms. The van der Waals surface area contributed by atoms with Gasteiger partial charge >= 0.3 is 0 Å². The molecule has 1 aromatic carbocycles. The van der Waals surface area contributed by atoms with Crippen LogP contribution in [0.15, 0.2) is 24.3 Å². The van der Waals surface area contributed by atoms with Crippen molar-refractivity contribution in [2.45, 2.75) is 50.6 Å². The summed E-state index contributed by atoms with van der Waals surface area (Å²) in [5.41, 5.74) is 5.71. The van der Waals surface area contributed by atoms with E-state index < -0.39 is 11.4 Å². The molecule has 0 radical (unpaired) electrons. The molecule has 0 atom stereocenters. The largest absolute Gasteiger partial charge is 0.366 e. The molecule has 7 heteroatoms. The van der Waals surface area contributed by atoms with Crippen LogP contribution in [0.4, 0.5) is 0 Å². The summed E-state index contributed by atoms with van der Waals surface area (Å²) in [6.07, 6.45) is 6.02. The van der Waals surface area contributed by atoms with Crippen LogP contribution in [0.2, 0.25) is 0 Å². The summed E-state index contributed by atoms with van der Waals surface area (Å²) >= 11 is 0. The summed E-state index contributed by atoms with van der Waals surface area (Å²) < 4.78 is 2.18. The Hall–Kier alpha value is -2.70. The molecular formula is C18H21N5O2. The van der Waals surface area contributed by atoms with Gasteiger partial charge in [-0.05, 0) is 56.4 Å². The summed E-state index contributed by atoms with van der Waals surface area (Å²) in [6, 6.07) is 6.40. The number of nitrogens with two attached hydrogens (primary N) is 1. The summed E-state index contributed by atoms with van der Waals surface area (Å²) in [5, 5.41) is 11.9. The van der Waals surface area contributed by atoms with E-state index in [0.29, 0.717) is 11.1 Å². The van der Waals surface area contributed by atoms with E-state index in [-0.39, 0.29) is 5.91 Å². The highest BCUT2D eigenvalue weighted by molar-refractivity contribution is 5.97. The van der Waals surface area contributed by atoms with Crippen molar-refractivity contribution in [3.05, 3.63) is 47.0 Å². The lowest BCUT2D eigenvalue weighted by atomic mass is 9.75. The number of primary amides is 1. The highest BCUT2D eigenvalue weighted by atomic mass is 16.2. The molecule has 2 aliphatic rings. The van der Waals surface area contributed by atoms with Gasteiger partial charge in [-0.2, -0.15) is 0 Å². The lowest BCUT2D eigenvalue weighted by Crippen LogP contribution is -2.52. The minimum atomic E-state index is -0.502. The molecule has 0 spiro atoms. The first-order chi connectivity index (χ1) is 12.1. The zero-order valence-electron chi connectivity index (χ0n) is 14.0. The van der Waals surface area contributed by atoms with Crippen molar-refractivity contribution in [1.82, 2.24) is 20.1 Å². The number of amides is 2. The van der Waals surface area contributed by atoms with Gasteiger partial charge in [-0.15, -0.1) is 10.2 Å². The first kappa shape index (κ1) is 15.8. The Kier molecular flexibility index (Phi) is 3.78. The van der Waals surface area contributed by atoms with E-state index in [4.69, 9.17) is 5.73 Å². The number of hydrogen-bond donors (Lipinski definition) is 2. The zero-order chi connectivity index (χ0) is 17.4. The Morgan fingerprint density at radius 3 is 2.40 bits per heavy atom. The van der Waals surface area contributed by atoms with Crippen LogP contribution in [0.3, 0.4) is 0 Å². The first-order valence-electron chi connectivity index (χ1n) is 8.74. The van der Waals surface area contributed by atoms with Crippen molar-refractivity contribution in [1.29, 1.82) is 0 Å².